The number of aliphatic hydroxyl groups excluding tert-OH is 1. The number of nitrogens with zero attached hydrogens (tertiary/aromatic N) is 2. The molecule has 122 valence electrons. The molecule has 1 amide bonds. The van der Waals surface area contributed by atoms with Gasteiger partial charge in [0.1, 0.15) is 11.6 Å². The van der Waals surface area contributed by atoms with Crippen molar-refractivity contribution in [2.45, 2.75) is 31.9 Å². The first-order chi connectivity index (χ1) is 10.4. The molecule has 1 aliphatic rings. The van der Waals surface area contributed by atoms with E-state index in [0.717, 1.165) is 38.1 Å². The maximum atomic E-state index is 13.6. The minimum absolute atomic E-state index is 0.0480. The second kappa shape index (κ2) is 7.15. The number of likely N-dealkylation sites (tertiary alicyclic amines) is 1. The van der Waals surface area contributed by atoms with Gasteiger partial charge in [0, 0.05) is 51.3 Å². The molecule has 0 radical (unpaired) electrons. The number of halogens is 2. The second-order valence-electron chi connectivity index (χ2n) is 5.84. The number of hydrogen-bond donors (Lipinski definition) is 1. The fourth-order valence-corrected chi connectivity index (χ4v) is 2.86. The SMILES string of the molecule is CC(=O)N(C)C1CCN(CC(O)c2ccc(F)cc2F)CC1. The Morgan fingerprint density at radius 2 is 2.05 bits per heavy atom. The molecule has 1 aliphatic heterocycles. The topological polar surface area (TPSA) is 43.8 Å². The average molecular weight is 312 g/mol. The number of aliphatic hydroxyl groups is 1. The molecule has 1 fully saturated rings. The first-order valence-corrected chi connectivity index (χ1v) is 7.47. The van der Waals surface area contributed by atoms with Crippen LogP contribution in [-0.2, 0) is 4.79 Å². The van der Waals surface area contributed by atoms with E-state index in [1.807, 2.05) is 4.90 Å². The summed E-state index contributed by atoms with van der Waals surface area (Å²) < 4.78 is 26.5. The molecule has 2 rings (SSSR count). The van der Waals surface area contributed by atoms with E-state index < -0.39 is 17.7 Å². The van der Waals surface area contributed by atoms with Gasteiger partial charge in [0.25, 0.3) is 0 Å². The summed E-state index contributed by atoms with van der Waals surface area (Å²) in [5.74, 6) is -1.33. The van der Waals surface area contributed by atoms with E-state index in [1.54, 1.807) is 18.9 Å². The molecule has 0 bridgehead atoms. The van der Waals surface area contributed by atoms with Crippen LogP contribution < -0.4 is 0 Å². The molecule has 22 heavy (non-hydrogen) atoms. The summed E-state index contributed by atoms with van der Waals surface area (Å²) in [5.41, 5.74) is 0.115. The third kappa shape index (κ3) is 4.01. The lowest BCUT2D eigenvalue weighted by molar-refractivity contribution is -0.130. The molecule has 4 nitrogen and oxygen atoms in total. The lowest BCUT2D eigenvalue weighted by Crippen LogP contribution is -2.45. The van der Waals surface area contributed by atoms with Crippen molar-refractivity contribution in [2.75, 3.05) is 26.7 Å². The van der Waals surface area contributed by atoms with E-state index in [-0.39, 0.29) is 17.5 Å². The zero-order valence-corrected chi connectivity index (χ0v) is 12.9. The van der Waals surface area contributed by atoms with Crippen molar-refractivity contribution < 1.29 is 18.7 Å². The van der Waals surface area contributed by atoms with Crippen LogP contribution in [0.2, 0.25) is 0 Å². The van der Waals surface area contributed by atoms with Crippen LogP contribution in [0.1, 0.15) is 31.4 Å². The summed E-state index contributed by atoms with van der Waals surface area (Å²) in [7, 11) is 1.80. The highest BCUT2D eigenvalue weighted by molar-refractivity contribution is 5.73. The number of rotatable bonds is 4. The number of carbonyl (C=O) groups is 1. The zero-order valence-electron chi connectivity index (χ0n) is 12.9. The molecule has 1 atom stereocenters. The van der Waals surface area contributed by atoms with Crippen LogP contribution in [0.5, 0.6) is 0 Å². The van der Waals surface area contributed by atoms with Crippen molar-refractivity contribution in [3.8, 4) is 0 Å². The van der Waals surface area contributed by atoms with Crippen LogP contribution in [0, 0.1) is 11.6 Å². The molecular weight excluding hydrogens is 290 g/mol. The molecule has 1 saturated heterocycles. The molecular formula is C16H22F2N2O2. The van der Waals surface area contributed by atoms with Gasteiger partial charge in [0.2, 0.25) is 5.91 Å². The van der Waals surface area contributed by atoms with Crippen LogP contribution in [0.3, 0.4) is 0 Å². The Balaban J connectivity index is 1.89. The van der Waals surface area contributed by atoms with E-state index in [4.69, 9.17) is 0 Å². The summed E-state index contributed by atoms with van der Waals surface area (Å²) >= 11 is 0. The number of amides is 1. The molecule has 0 aliphatic carbocycles. The van der Waals surface area contributed by atoms with Crippen LogP contribution in [0.4, 0.5) is 8.78 Å². The van der Waals surface area contributed by atoms with Gasteiger partial charge in [-0.1, -0.05) is 6.07 Å². The van der Waals surface area contributed by atoms with Gasteiger partial charge < -0.3 is 14.9 Å². The fourth-order valence-electron chi connectivity index (χ4n) is 2.86. The van der Waals surface area contributed by atoms with Gasteiger partial charge in [-0.3, -0.25) is 4.79 Å². The van der Waals surface area contributed by atoms with Crippen molar-refractivity contribution in [3.63, 3.8) is 0 Å². The predicted octanol–water partition coefficient (Wildman–Crippen LogP) is 1.94. The Morgan fingerprint density at radius 3 is 2.59 bits per heavy atom. The standard InChI is InChI=1S/C16H22F2N2O2/c1-11(21)19(2)13-5-7-20(8-6-13)10-16(22)14-4-3-12(17)9-15(14)18/h3-4,9,13,16,22H,5-8,10H2,1-2H3. The van der Waals surface area contributed by atoms with E-state index in [2.05, 4.69) is 0 Å². The fraction of sp³-hybridized carbons (Fsp3) is 0.562. The summed E-state index contributed by atoms with van der Waals surface area (Å²) in [4.78, 5) is 15.1. The first-order valence-electron chi connectivity index (χ1n) is 7.47. The first kappa shape index (κ1) is 16.8. The van der Waals surface area contributed by atoms with Gasteiger partial charge in [-0.25, -0.2) is 8.78 Å². The van der Waals surface area contributed by atoms with Crippen molar-refractivity contribution in [2.24, 2.45) is 0 Å². The van der Waals surface area contributed by atoms with Gasteiger partial charge in [-0.2, -0.15) is 0 Å². The zero-order chi connectivity index (χ0) is 16.3. The smallest absolute Gasteiger partial charge is 0.219 e. The number of benzene rings is 1. The summed E-state index contributed by atoms with van der Waals surface area (Å²) in [6.45, 7) is 3.33. The molecule has 1 aromatic carbocycles. The van der Waals surface area contributed by atoms with E-state index in [9.17, 15) is 18.7 Å². The van der Waals surface area contributed by atoms with Crippen molar-refractivity contribution in [3.05, 3.63) is 35.4 Å². The van der Waals surface area contributed by atoms with Gasteiger partial charge in [-0.05, 0) is 18.9 Å². The van der Waals surface area contributed by atoms with Crippen LogP contribution in [-0.4, -0.2) is 53.5 Å². The highest BCUT2D eigenvalue weighted by atomic mass is 19.1. The highest BCUT2D eigenvalue weighted by Crippen LogP contribution is 2.22. The molecule has 6 heteroatoms. The number of piperidine rings is 1. The Labute approximate surface area is 129 Å². The Hall–Kier alpha value is -1.53. The number of carbonyl (C=O) groups excluding carboxylic acids is 1. The van der Waals surface area contributed by atoms with E-state index >= 15 is 0 Å². The van der Waals surface area contributed by atoms with E-state index in [0.29, 0.717) is 6.54 Å². The lowest BCUT2D eigenvalue weighted by atomic mass is 10.0. The maximum Gasteiger partial charge on any atom is 0.219 e. The minimum atomic E-state index is -0.984. The third-order valence-electron chi connectivity index (χ3n) is 4.35. The molecule has 1 heterocycles. The van der Waals surface area contributed by atoms with Gasteiger partial charge >= 0.3 is 0 Å². The second-order valence-corrected chi connectivity index (χ2v) is 5.84. The normalized spacial score (nSPS) is 18.2. The van der Waals surface area contributed by atoms with Crippen molar-refractivity contribution >= 4 is 5.91 Å². The molecule has 0 spiro atoms. The van der Waals surface area contributed by atoms with Crippen LogP contribution >= 0.6 is 0 Å². The quantitative estimate of drug-likeness (QED) is 0.924. The van der Waals surface area contributed by atoms with Gasteiger partial charge in [0.05, 0.1) is 6.10 Å². The number of hydrogen-bond acceptors (Lipinski definition) is 3. The van der Waals surface area contributed by atoms with Gasteiger partial charge in [0.15, 0.2) is 0 Å². The van der Waals surface area contributed by atoms with Gasteiger partial charge in [-0.15, -0.1) is 0 Å². The third-order valence-corrected chi connectivity index (χ3v) is 4.35. The molecule has 1 aromatic rings. The number of β-amino-alcohol motifs (C(OH)–C–C–N with tert-alkyl or cyclic N) is 1. The Bertz CT molecular complexity index is 531. The highest BCUT2D eigenvalue weighted by Gasteiger charge is 2.25. The van der Waals surface area contributed by atoms with E-state index in [1.165, 1.54) is 6.07 Å². The predicted molar refractivity (Wildman–Crippen MR) is 79.2 cm³/mol. The summed E-state index contributed by atoms with van der Waals surface area (Å²) in [6, 6.07) is 3.43. The molecule has 1 N–H and O–H groups in total. The lowest BCUT2D eigenvalue weighted by Gasteiger charge is -2.37. The van der Waals surface area contributed by atoms with Crippen LogP contribution in [0.25, 0.3) is 0 Å². The summed E-state index contributed by atoms with van der Waals surface area (Å²) in [6.07, 6.45) is 0.673. The molecule has 1 unspecified atom stereocenters. The Kier molecular flexibility index (Phi) is 5.47. The largest absolute Gasteiger partial charge is 0.387 e. The molecule has 0 saturated carbocycles. The van der Waals surface area contributed by atoms with Crippen molar-refractivity contribution in [1.82, 2.24) is 9.80 Å². The van der Waals surface area contributed by atoms with Crippen LogP contribution in [0.15, 0.2) is 18.2 Å². The molecule has 0 aromatic heterocycles. The average Bonchev–Trinajstić information content (AvgIpc) is 2.47. The monoisotopic (exact) mass is 312 g/mol. The maximum absolute atomic E-state index is 13.6. The Morgan fingerprint density at radius 1 is 1.41 bits per heavy atom. The van der Waals surface area contributed by atoms with Crippen molar-refractivity contribution in [1.29, 1.82) is 0 Å². The summed E-state index contributed by atoms with van der Waals surface area (Å²) in [5, 5.41) is 10.1. The minimum Gasteiger partial charge on any atom is -0.387 e.